The second-order valence-corrected chi connectivity index (χ2v) is 4.54. The van der Waals surface area contributed by atoms with Gasteiger partial charge in [-0.05, 0) is 36.4 Å². The minimum Gasteiger partial charge on any atom is -0.508 e. The fourth-order valence-electron chi connectivity index (χ4n) is 1.35. The van der Waals surface area contributed by atoms with Gasteiger partial charge in [0.25, 0.3) is 0 Å². The van der Waals surface area contributed by atoms with E-state index in [1.807, 2.05) is 0 Å². The summed E-state index contributed by atoms with van der Waals surface area (Å²) in [6, 6.07) is 12.0. The summed E-state index contributed by atoms with van der Waals surface area (Å²) in [5.74, 6) is 1.04. The molecule has 0 bridgehead atoms. The number of hydrogen-bond donors (Lipinski definition) is 2. The monoisotopic (exact) mass is 248 g/mol. The van der Waals surface area contributed by atoms with Crippen molar-refractivity contribution >= 4 is 11.8 Å². The topological polar surface area (TPSA) is 49.7 Å². The Morgan fingerprint density at radius 2 is 1.71 bits per heavy atom. The molecule has 2 rings (SSSR count). The fraction of sp³-hybridized carbons (Fsp3) is 0.0769. The average Bonchev–Trinajstić information content (AvgIpc) is 2.34. The van der Waals surface area contributed by atoms with Crippen molar-refractivity contribution in [2.75, 3.05) is 7.11 Å². The first-order chi connectivity index (χ1) is 8.19. The summed E-state index contributed by atoms with van der Waals surface area (Å²) >= 11 is 1.43. The van der Waals surface area contributed by atoms with Crippen LogP contribution in [0, 0.1) is 0 Å². The Kier molecular flexibility index (Phi) is 3.44. The highest BCUT2D eigenvalue weighted by molar-refractivity contribution is 7.99. The van der Waals surface area contributed by atoms with Crippen molar-refractivity contribution in [1.29, 1.82) is 0 Å². The van der Waals surface area contributed by atoms with Gasteiger partial charge in [-0.1, -0.05) is 11.8 Å². The van der Waals surface area contributed by atoms with Crippen LogP contribution in [0.3, 0.4) is 0 Å². The maximum absolute atomic E-state index is 9.79. The van der Waals surface area contributed by atoms with Crippen molar-refractivity contribution in [3.8, 4) is 17.2 Å². The highest BCUT2D eigenvalue weighted by Gasteiger charge is 2.05. The van der Waals surface area contributed by atoms with E-state index >= 15 is 0 Å². The molecule has 4 heteroatoms. The molecule has 2 N–H and O–H groups in total. The van der Waals surface area contributed by atoms with Gasteiger partial charge in [-0.2, -0.15) is 0 Å². The third-order valence-electron chi connectivity index (χ3n) is 2.23. The predicted octanol–water partition coefficient (Wildman–Crippen LogP) is 3.26. The van der Waals surface area contributed by atoms with E-state index in [0.717, 1.165) is 9.79 Å². The standard InChI is InChI=1S/C13H12O3S/c1-16-10-4-7-13(12(15)8-10)17-11-5-2-9(14)3-6-11/h2-8,14-15H,1H3. The lowest BCUT2D eigenvalue weighted by Gasteiger charge is -2.06. The molecule has 0 unspecified atom stereocenters. The maximum atomic E-state index is 9.79. The molecular weight excluding hydrogens is 236 g/mol. The molecule has 0 aliphatic heterocycles. The number of methoxy groups -OCH3 is 1. The van der Waals surface area contributed by atoms with Gasteiger partial charge in [0.15, 0.2) is 0 Å². The van der Waals surface area contributed by atoms with Crippen LogP contribution < -0.4 is 4.74 Å². The Bertz CT molecular complexity index is 509. The number of phenols is 2. The summed E-state index contributed by atoms with van der Waals surface area (Å²) in [7, 11) is 1.56. The largest absolute Gasteiger partial charge is 0.508 e. The van der Waals surface area contributed by atoms with E-state index in [2.05, 4.69) is 0 Å². The first kappa shape index (κ1) is 11.7. The molecule has 2 aromatic rings. The third kappa shape index (κ3) is 2.85. The SMILES string of the molecule is COc1ccc(Sc2ccc(O)cc2)c(O)c1. The maximum Gasteiger partial charge on any atom is 0.133 e. The zero-order valence-electron chi connectivity index (χ0n) is 9.25. The highest BCUT2D eigenvalue weighted by atomic mass is 32.2. The van der Waals surface area contributed by atoms with Gasteiger partial charge in [-0.15, -0.1) is 0 Å². The van der Waals surface area contributed by atoms with Gasteiger partial charge in [0.1, 0.15) is 17.2 Å². The van der Waals surface area contributed by atoms with Gasteiger partial charge in [0.2, 0.25) is 0 Å². The molecule has 0 heterocycles. The average molecular weight is 248 g/mol. The molecule has 0 fully saturated rings. The highest BCUT2D eigenvalue weighted by Crippen LogP contribution is 2.36. The van der Waals surface area contributed by atoms with Crippen LogP contribution in [-0.4, -0.2) is 17.3 Å². The molecule has 0 atom stereocenters. The normalized spacial score (nSPS) is 10.2. The first-order valence-electron chi connectivity index (χ1n) is 5.03. The molecule has 0 saturated heterocycles. The van der Waals surface area contributed by atoms with Crippen LogP contribution in [0.25, 0.3) is 0 Å². The molecule has 0 amide bonds. The molecule has 0 aliphatic rings. The molecular formula is C13H12O3S. The second-order valence-electron chi connectivity index (χ2n) is 3.43. The molecule has 0 radical (unpaired) electrons. The van der Waals surface area contributed by atoms with Crippen LogP contribution >= 0.6 is 11.8 Å². The van der Waals surface area contributed by atoms with Crippen molar-refractivity contribution in [2.24, 2.45) is 0 Å². The molecule has 3 nitrogen and oxygen atoms in total. The van der Waals surface area contributed by atoms with E-state index in [-0.39, 0.29) is 11.5 Å². The fourth-order valence-corrected chi connectivity index (χ4v) is 2.18. The van der Waals surface area contributed by atoms with E-state index in [0.29, 0.717) is 5.75 Å². The van der Waals surface area contributed by atoms with Crippen LogP contribution in [0.1, 0.15) is 0 Å². The van der Waals surface area contributed by atoms with Gasteiger partial charge < -0.3 is 14.9 Å². The van der Waals surface area contributed by atoms with Gasteiger partial charge in [0, 0.05) is 11.0 Å². The summed E-state index contributed by atoms with van der Waals surface area (Å²) in [6.45, 7) is 0. The molecule has 17 heavy (non-hydrogen) atoms. The molecule has 0 saturated carbocycles. The predicted molar refractivity (Wildman–Crippen MR) is 66.9 cm³/mol. The molecule has 0 aliphatic carbocycles. The summed E-state index contributed by atoms with van der Waals surface area (Å²) in [5, 5.41) is 19.0. The number of aromatic hydroxyl groups is 2. The van der Waals surface area contributed by atoms with E-state index < -0.39 is 0 Å². The lowest BCUT2D eigenvalue weighted by Crippen LogP contribution is -1.82. The lowest BCUT2D eigenvalue weighted by atomic mass is 10.3. The van der Waals surface area contributed by atoms with Gasteiger partial charge in [-0.25, -0.2) is 0 Å². The van der Waals surface area contributed by atoms with E-state index in [9.17, 15) is 10.2 Å². The Hall–Kier alpha value is -1.81. The smallest absolute Gasteiger partial charge is 0.133 e. The third-order valence-corrected chi connectivity index (χ3v) is 3.30. The Morgan fingerprint density at radius 3 is 2.29 bits per heavy atom. The minimum absolute atomic E-state index is 0.183. The molecule has 0 spiro atoms. The summed E-state index contributed by atoms with van der Waals surface area (Å²) in [6.07, 6.45) is 0. The number of benzene rings is 2. The first-order valence-corrected chi connectivity index (χ1v) is 5.84. The van der Waals surface area contributed by atoms with Crippen molar-refractivity contribution in [3.05, 3.63) is 42.5 Å². The second kappa shape index (κ2) is 5.01. The van der Waals surface area contributed by atoms with Crippen LogP contribution in [0.4, 0.5) is 0 Å². The summed E-state index contributed by atoms with van der Waals surface area (Å²) in [5.41, 5.74) is 0. The number of phenolic OH excluding ortho intramolecular Hbond substituents is 2. The van der Waals surface area contributed by atoms with Crippen molar-refractivity contribution in [1.82, 2.24) is 0 Å². The summed E-state index contributed by atoms with van der Waals surface area (Å²) in [4.78, 5) is 1.69. The van der Waals surface area contributed by atoms with E-state index in [1.54, 1.807) is 49.6 Å². The number of hydrogen-bond acceptors (Lipinski definition) is 4. The quantitative estimate of drug-likeness (QED) is 0.875. The van der Waals surface area contributed by atoms with Crippen LogP contribution in [0.2, 0.25) is 0 Å². The number of ether oxygens (including phenoxy) is 1. The van der Waals surface area contributed by atoms with Gasteiger partial charge in [0.05, 0.1) is 12.0 Å². The zero-order valence-corrected chi connectivity index (χ0v) is 10.1. The van der Waals surface area contributed by atoms with Crippen molar-refractivity contribution < 1.29 is 14.9 Å². The van der Waals surface area contributed by atoms with Gasteiger partial charge >= 0.3 is 0 Å². The summed E-state index contributed by atoms with van der Waals surface area (Å²) < 4.78 is 5.01. The van der Waals surface area contributed by atoms with E-state index in [1.165, 1.54) is 11.8 Å². The van der Waals surface area contributed by atoms with E-state index in [4.69, 9.17) is 4.74 Å². The number of rotatable bonds is 3. The lowest BCUT2D eigenvalue weighted by molar-refractivity contribution is 0.405. The molecule has 2 aromatic carbocycles. The Balaban J connectivity index is 2.21. The molecule has 88 valence electrons. The molecule has 0 aromatic heterocycles. The van der Waals surface area contributed by atoms with Crippen LogP contribution in [0.15, 0.2) is 52.3 Å². The van der Waals surface area contributed by atoms with Gasteiger partial charge in [-0.3, -0.25) is 0 Å². The zero-order chi connectivity index (χ0) is 12.3. The minimum atomic E-state index is 0.183. The van der Waals surface area contributed by atoms with Crippen LogP contribution in [0.5, 0.6) is 17.2 Å². The van der Waals surface area contributed by atoms with Crippen molar-refractivity contribution in [3.63, 3.8) is 0 Å². The Morgan fingerprint density at radius 1 is 1.00 bits per heavy atom. The van der Waals surface area contributed by atoms with Crippen molar-refractivity contribution in [2.45, 2.75) is 9.79 Å². The van der Waals surface area contributed by atoms with Crippen LogP contribution in [-0.2, 0) is 0 Å². The Labute approximate surface area is 104 Å².